The van der Waals surface area contributed by atoms with Crippen molar-refractivity contribution in [1.82, 2.24) is 4.98 Å². The van der Waals surface area contributed by atoms with Crippen LogP contribution in [0.4, 0.5) is 11.5 Å². The Labute approximate surface area is 126 Å². The van der Waals surface area contributed by atoms with Crippen LogP contribution in [0.3, 0.4) is 0 Å². The normalized spacial score (nSPS) is 16.9. The van der Waals surface area contributed by atoms with Gasteiger partial charge in [0.2, 0.25) is 0 Å². The molecule has 110 valence electrons. The smallest absolute Gasteiger partial charge is 0.128 e. The van der Waals surface area contributed by atoms with Gasteiger partial charge in [-0.15, -0.1) is 0 Å². The molecule has 0 unspecified atom stereocenters. The van der Waals surface area contributed by atoms with Gasteiger partial charge in [-0.2, -0.15) is 0 Å². The van der Waals surface area contributed by atoms with Crippen molar-refractivity contribution in [2.75, 3.05) is 36.0 Å². The summed E-state index contributed by atoms with van der Waals surface area (Å²) in [4.78, 5) is 9.31. The molecule has 4 nitrogen and oxygen atoms in total. The highest BCUT2D eigenvalue weighted by atomic mass is 15.3. The Hall–Kier alpha value is -2.07. The Morgan fingerprint density at radius 2 is 1.62 bits per heavy atom. The number of hydrogen-bond donors (Lipinski definition) is 1. The minimum atomic E-state index is 0.0430. The molecular formula is C17H22N4. The molecule has 1 atom stereocenters. The lowest BCUT2D eigenvalue weighted by Crippen LogP contribution is -2.46. The number of piperazine rings is 1. The molecule has 0 aliphatic carbocycles. The average Bonchev–Trinajstić information content (AvgIpc) is 2.56. The highest BCUT2D eigenvalue weighted by molar-refractivity contribution is 5.49. The largest absolute Gasteiger partial charge is 0.368 e. The zero-order chi connectivity index (χ0) is 14.7. The molecule has 2 aromatic rings. The van der Waals surface area contributed by atoms with E-state index < -0.39 is 0 Å². The summed E-state index contributed by atoms with van der Waals surface area (Å²) >= 11 is 0. The molecule has 1 aliphatic heterocycles. The van der Waals surface area contributed by atoms with E-state index in [0.29, 0.717) is 0 Å². The fraction of sp³-hybridized carbons (Fsp3) is 0.353. The monoisotopic (exact) mass is 282 g/mol. The summed E-state index contributed by atoms with van der Waals surface area (Å²) < 4.78 is 0. The Kier molecular flexibility index (Phi) is 4.06. The van der Waals surface area contributed by atoms with Crippen molar-refractivity contribution in [3.05, 3.63) is 54.2 Å². The Balaban J connectivity index is 1.63. The maximum absolute atomic E-state index is 5.86. The first kappa shape index (κ1) is 13.9. The summed E-state index contributed by atoms with van der Waals surface area (Å²) in [6.45, 7) is 6.04. The van der Waals surface area contributed by atoms with Gasteiger partial charge in [0.1, 0.15) is 5.82 Å². The van der Waals surface area contributed by atoms with Gasteiger partial charge >= 0.3 is 0 Å². The molecule has 1 aliphatic rings. The molecule has 0 spiro atoms. The third-order valence-corrected chi connectivity index (χ3v) is 4.02. The number of hydrogen-bond acceptors (Lipinski definition) is 4. The third-order valence-electron chi connectivity index (χ3n) is 4.02. The molecule has 4 heteroatoms. The van der Waals surface area contributed by atoms with Gasteiger partial charge in [0.15, 0.2) is 0 Å². The Morgan fingerprint density at radius 3 is 2.19 bits per heavy atom. The fourth-order valence-electron chi connectivity index (χ4n) is 2.69. The number of anilines is 2. The van der Waals surface area contributed by atoms with Crippen LogP contribution in [0.2, 0.25) is 0 Å². The van der Waals surface area contributed by atoms with Crippen LogP contribution in [0.15, 0.2) is 48.7 Å². The number of rotatable bonds is 3. The van der Waals surface area contributed by atoms with Gasteiger partial charge < -0.3 is 15.5 Å². The number of para-hydroxylation sites is 1. The fourth-order valence-corrected chi connectivity index (χ4v) is 2.69. The molecule has 1 saturated heterocycles. The predicted octanol–water partition coefficient (Wildman–Crippen LogP) is 2.43. The van der Waals surface area contributed by atoms with Gasteiger partial charge in [-0.05, 0) is 30.7 Å². The van der Waals surface area contributed by atoms with E-state index in [1.165, 1.54) is 5.69 Å². The number of pyridine rings is 1. The predicted molar refractivity (Wildman–Crippen MR) is 87.7 cm³/mol. The first-order valence-electron chi connectivity index (χ1n) is 7.50. The summed E-state index contributed by atoms with van der Waals surface area (Å²) in [7, 11) is 0. The van der Waals surface area contributed by atoms with Crippen molar-refractivity contribution in [3.63, 3.8) is 0 Å². The number of aromatic nitrogens is 1. The molecular weight excluding hydrogens is 260 g/mol. The van der Waals surface area contributed by atoms with E-state index in [4.69, 9.17) is 5.73 Å². The maximum Gasteiger partial charge on any atom is 0.128 e. The summed E-state index contributed by atoms with van der Waals surface area (Å²) in [5, 5.41) is 0. The van der Waals surface area contributed by atoms with Crippen LogP contribution in [0.5, 0.6) is 0 Å². The van der Waals surface area contributed by atoms with E-state index >= 15 is 0 Å². The van der Waals surface area contributed by atoms with E-state index in [-0.39, 0.29) is 6.04 Å². The Morgan fingerprint density at radius 1 is 0.952 bits per heavy atom. The zero-order valence-electron chi connectivity index (χ0n) is 12.4. The second kappa shape index (κ2) is 6.14. The van der Waals surface area contributed by atoms with Gasteiger partial charge in [0.25, 0.3) is 0 Å². The lowest BCUT2D eigenvalue weighted by atomic mass is 10.1. The second-order valence-corrected chi connectivity index (χ2v) is 5.55. The Bertz CT molecular complexity index is 557. The number of benzene rings is 1. The molecule has 2 heterocycles. The summed E-state index contributed by atoms with van der Waals surface area (Å²) in [5.74, 6) is 1.05. The molecule has 1 fully saturated rings. The van der Waals surface area contributed by atoms with Gasteiger partial charge in [-0.3, -0.25) is 0 Å². The molecule has 1 aromatic heterocycles. The van der Waals surface area contributed by atoms with Crippen LogP contribution in [0.25, 0.3) is 0 Å². The van der Waals surface area contributed by atoms with Crippen molar-refractivity contribution < 1.29 is 0 Å². The SMILES string of the molecule is C[C@@H](N)c1ccc(N2CCN(c3ccccc3)CC2)nc1. The molecule has 1 aromatic carbocycles. The number of nitrogens with two attached hydrogens (primary N) is 1. The molecule has 0 radical (unpaired) electrons. The lowest BCUT2D eigenvalue weighted by Gasteiger charge is -2.36. The standard InChI is InChI=1S/C17H22N4/c1-14(18)15-7-8-17(19-13-15)21-11-9-20(10-12-21)16-5-3-2-4-6-16/h2-8,13-14H,9-12,18H2,1H3/t14-/m1/s1. The minimum Gasteiger partial charge on any atom is -0.368 e. The van der Waals surface area contributed by atoms with E-state index in [1.54, 1.807) is 0 Å². The van der Waals surface area contributed by atoms with Crippen molar-refractivity contribution >= 4 is 11.5 Å². The molecule has 0 bridgehead atoms. The zero-order valence-corrected chi connectivity index (χ0v) is 12.4. The summed E-state index contributed by atoms with van der Waals surface area (Å²) in [5.41, 5.74) is 8.25. The van der Waals surface area contributed by atoms with Crippen molar-refractivity contribution in [3.8, 4) is 0 Å². The topological polar surface area (TPSA) is 45.4 Å². The van der Waals surface area contributed by atoms with E-state index in [0.717, 1.165) is 37.6 Å². The second-order valence-electron chi connectivity index (χ2n) is 5.55. The van der Waals surface area contributed by atoms with E-state index in [1.807, 2.05) is 13.1 Å². The van der Waals surface area contributed by atoms with Gasteiger partial charge in [-0.1, -0.05) is 24.3 Å². The minimum absolute atomic E-state index is 0.0430. The first-order chi connectivity index (χ1) is 10.2. The molecule has 0 amide bonds. The van der Waals surface area contributed by atoms with Crippen LogP contribution in [0.1, 0.15) is 18.5 Å². The van der Waals surface area contributed by atoms with Crippen LogP contribution >= 0.6 is 0 Å². The average molecular weight is 282 g/mol. The first-order valence-corrected chi connectivity index (χ1v) is 7.50. The highest BCUT2D eigenvalue weighted by Crippen LogP contribution is 2.19. The van der Waals surface area contributed by atoms with Crippen LogP contribution in [0, 0.1) is 0 Å². The van der Waals surface area contributed by atoms with Crippen LogP contribution in [-0.4, -0.2) is 31.2 Å². The van der Waals surface area contributed by atoms with E-state index in [2.05, 4.69) is 57.2 Å². The number of nitrogens with zero attached hydrogens (tertiary/aromatic N) is 3. The van der Waals surface area contributed by atoms with Crippen molar-refractivity contribution in [2.24, 2.45) is 5.73 Å². The maximum atomic E-state index is 5.86. The van der Waals surface area contributed by atoms with Crippen LogP contribution < -0.4 is 15.5 Å². The van der Waals surface area contributed by atoms with Gasteiger partial charge in [0, 0.05) is 44.1 Å². The van der Waals surface area contributed by atoms with Gasteiger partial charge in [0.05, 0.1) is 0 Å². The van der Waals surface area contributed by atoms with Crippen LogP contribution in [-0.2, 0) is 0 Å². The highest BCUT2D eigenvalue weighted by Gasteiger charge is 2.18. The quantitative estimate of drug-likeness (QED) is 0.939. The summed E-state index contributed by atoms with van der Waals surface area (Å²) in [6.07, 6.45) is 1.89. The molecule has 2 N–H and O–H groups in total. The van der Waals surface area contributed by atoms with Gasteiger partial charge in [-0.25, -0.2) is 4.98 Å². The van der Waals surface area contributed by atoms with Crippen molar-refractivity contribution in [1.29, 1.82) is 0 Å². The molecule has 21 heavy (non-hydrogen) atoms. The van der Waals surface area contributed by atoms with Crippen molar-refractivity contribution in [2.45, 2.75) is 13.0 Å². The molecule has 0 saturated carbocycles. The van der Waals surface area contributed by atoms with E-state index in [9.17, 15) is 0 Å². The molecule has 3 rings (SSSR count). The summed E-state index contributed by atoms with van der Waals surface area (Å²) in [6, 6.07) is 14.8. The lowest BCUT2D eigenvalue weighted by molar-refractivity contribution is 0.647. The third kappa shape index (κ3) is 3.16.